The third kappa shape index (κ3) is 6.12. The van der Waals surface area contributed by atoms with Gasteiger partial charge in [0.1, 0.15) is 12.4 Å². The lowest BCUT2D eigenvalue weighted by Gasteiger charge is -2.31. The minimum absolute atomic E-state index is 0.206. The van der Waals surface area contributed by atoms with Crippen molar-refractivity contribution in [1.82, 2.24) is 15.5 Å². The van der Waals surface area contributed by atoms with Gasteiger partial charge in [-0.25, -0.2) is 0 Å². The van der Waals surface area contributed by atoms with E-state index >= 15 is 0 Å². The summed E-state index contributed by atoms with van der Waals surface area (Å²) in [5.74, 6) is 1.74. The van der Waals surface area contributed by atoms with E-state index in [4.69, 9.17) is 9.47 Å². The topological polar surface area (TPSA) is 75.2 Å². The number of benzene rings is 1. The first-order valence-corrected chi connectivity index (χ1v) is 9.88. The van der Waals surface area contributed by atoms with E-state index in [1.54, 1.807) is 19.1 Å². The van der Waals surface area contributed by atoms with Gasteiger partial charge in [-0.15, -0.1) is 0 Å². The van der Waals surface area contributed by atoms with Crippen molar-refractivity contribution in [2.75, 3.05) is 48.0 Å². The van der Waals surface area contributed by atoms with Crippen LogP contribution in [0.25, 0.3) is 0 Å². The number of aliphatic imine (C=N–C) groups is 1. The van der Waals surface area contributed by atoms with Gasteiger partial charge in [0.2, 0.25) is 5.91 Å². The van der Waals surface area contributed by atoms with Crippen molar-refractivity contribution in [2.45, 2.75) is 32.2 Å². The van der Waals surface area contributed by atoms with Crippen LogP contribution in [0.4, 0.5) is 0 Å². The number of methoxy groups -OCH3 is 1. The summed E-state index contributed by atoms with van der Waals surface area (Å²) in [4.78, 5) is 18.7. The van der Waals surface area contributed by atoms with Crippen molar-refractivity contribution in [3.05, 3.63) is 29.8 Å². The smallest absolute Gasteiger partial charge is 0.230 e. The van der Waals surface area contributed by atoms with Crippen molar-refractivity contribution < 1.29 is 14.3 Å². The van der Waals surface area contributed by atoms with Crippen molar-refractivity contribution >= 4 is 11.9 Å². The highest BCUT2D eigenvalue weighted by Crippen LogP contribution is 2.38. The minimum atomic E-state index is -0.317. The summed E-state index contributed by atoms with van der Waals surface area (Å²) in [6, 6.07) is 7.95. The van der Waals surface area contributed by atoms with Crippen LogP contribution >= 0.6 is 0 Å². The zero-order valence-corrected chi connectivity index (χ0v) is 17.6. The van der Waals surface area contributed by atoms with Crippen molar-refractivity contribution in [2.24, 2.45) is 10.4 Å². The summed E-state index contributed by atoms with van der Waals surface area (Å²) in [5.41, 5.74) is 0.810. The van der Waals surface area contributed by atoms with E-state index in [9.17, 15) is 4.79 Å². The summed E-state index contributed by atoms with van der Waals surface area (Å²) in [6.45, 7) is 2.36. The maximum atomic E-state index is 12.7. The molecule has 0 atom stereocenters. The largest absolute Gasteiger partial charge is 0.491 e. The van der Waals surface area contributed by atoms with E-state index in [1.807, 2.05) is 38.4 Å². The fourth-order valence-electron chi connectivity index (χ4n) is 3.60. The van der Waals surface area contributed by atoms with Crippen LogP contribution < -0.4 is 15.4 Å². The van der Waals surface area contributed by atoms with Crippen LogP contribution in [0.2, 0.25) is 0 Å². The number of carbonyl (C=O) groups is 1. The van der Waals surface area contributed by atoms with Crippen molar-refractivity contribution in [3.63, 3.8) is 0 Å². The highest BCUT2D eigenvalue weighted by atomic mass is 16.5. The van der Waals surface area contributed by atoms with Crippen LogP contribution in [0.3, 0.4) is 0 Å². The maximum Gasteiger partial charge on any atom is 0.230 e. The molecule has 0 aromatic heterocycles. The van der Waals surface area contributed by atoms with Crippen LogP contribution in [0.15, 0.2) is 29.3 Å². The minimum Gasteiger partial charge on any atom is -0.491 e. The Hall–Kier alpha value is -2.28. The third-order valence-electron chi connectivity index (χ3n) is 5.18. The van der Waals surface area contributed by atoms with Gasteiger partial charge in [-0.05, 0) is 30.5 Å². The van der Waals surface area contributed by atoms with Crippen molar-refractivity contribution in [1.29, 1.82) is 0 Å². The fourth-order valence-corrected chi connectivity index (χ4v) is 3.60. The van der Waals surface area contributed by atoms with E-state index in [-0.39, 0.29) is 11.3 Å². The molecule has 0 saturated heterocycles. The second-order valence-corrected chi connectivity index (χ2v) is 7.45. The second kappa shape index (κ2) is 10.9. The Kier molecular flexibility index (Phi) is 8.57. The molecule has 1 saturated carbocycles. The Balaban J connectivity index is 1.85. The predicted octanol–water partition coefficient (Wildman–Crippen LogP) is 2.03. The van der Waals surface area contributed by atoms with E-state index in [2.05, 4.69) is 15.6 Å². The normalized spacial score (nSPS) is 15.9. The molecule has 0 unspecified atom stereocenters. The average molecular weight is 391 g/mol. The van der Waals surface area contributed by atoms with Crippen LogP contribution in [-0.4, -0.2) is 64.8 Å². The molecule has 0 spiro atoms. The number of amides is 1. The number of nitrogens with one attached hydrogen (secondary N) is 2. The number of guanidine groups is 1. The van der Waals surface area contributed by atoms with E-state index in [0.29, 0.717) is 32.3 Å². The molecule has 1 aromatic carbocycles. The fraction of sp³-hybridized carbons (Fsp3) is 0.619. The number of nitrogens with zero attached hydrogens (tertiary/aromatic N) is 2. The van der Waals surface area contributed by atoms with Gasteiger partial charge in [0.25, 0.3) is 0 Å². The lowest BCUT2D eigenvalue weighted by Crippen LogP contribution is -2.49. The van der Waals surface area contributed by atoms with Crippen LogP contribution in [0.5, 0.6) is 5.75 Å². The van der Waals surface area contributed by atoms with Gasteiger partial charge in [-0.2, -0.15) is 0 Å². The number of rotatable bonds is 9. The molecule has 0 radical (unpaired) electrons. The average Bonchev–Trinajstić information content (AvgIpc) is 3.18. The molecule has 2 N–H and O–H groups in total. The predicted molar refractivity (Wildman–Crippen MR) is 112 cm³/mol. The van der Waals surface area contributed by atoms with Gasteiger partial charge in [0.15, 0.2) is 5.96 Å². The van der Waals surface area contributed by atoms with Crippen LogP contribution in [0, 0.1) is 5.41 Å². The first-order valence-electron chi connectivity index (χ1n) is 9.88. The van der Waals surface area contributed by atoms with Gasteiger partial charge in [0, 0.05) is 41.3 Å². The van der Waals surface area contributed by atoms with Gasteiger partial charge in [0.05, 0.1) is 12.0 Å². The van der Waals surface area contributed by atoms with Gasteiger partial charge < -0.3 is 25.0 Å². The Morgan fingerprint density at radius 3 is 2.39 bits per heavy atom. The monoisotopic (exact) mass is 390 g/mol. The molecule has 1 aliphatic carbocycles. The van der Waals surface area contributed by atoms with E-state index < -0.39 is 0 Å². The molecule has 0 aliphatic heterocycles. The quantitative estimate of drug-likeness (QED) is 0.383. The number of ether oxygens (including phenoxy) is 2. The number of hydrogen-bond donors (Lipinski definition) is 2. The molecule has 156 valence electrons. The molecule has 1 aromatic rings. The van der Waals surface area contributed by atoms with Gasteiger partial charge in [-0.1, -0.05) is 25.0 Å². The van der Waals surface area contributed by atoms with Crippen LogP contribution in [-0.2, 0) is 16.1 Å². The molecular weight excluding hydrogens is 356 g/mol. The van der Waals surface area contributed by atoms with Gasteiger partial charge >= 0.3 is 0 Å². The van der Waals surface area contributed by atoms with Crippen molar-refractivity contribution in [3.8, 4) is 5.75 Å². The zero-order chi connectivity index (χ0) is 20.4. The molecule has 0 bridgehead atoms. The van der Waals surface area contributed by atoms with E-state index in [0.717, 1.165) is 37.0 Å². The Morgan fingerprint density at radius 1 is 1.14 bits per heavy atom. The molecule has 0 heterocycles. The first kappa shape index (κ1) is 22.0. The molecule has 2 rings (SSSR count). The standard InChI is InChI=1S/C21H34N4O3/c1-22-20(24-16-21(11-5-6-12-21)19(26)25(2)3)23-15-17-7-9-18(10-8-17)28-14-13-27-4/h7-10H,5-6,11-16H2,1-4H3,(H2,22,23,24). The third-order valence-corrected chi connectivity index (χ3v) is 5.18. The maximum absolute atomic E-state index is 12.7. The molecule has 1 fully saturated rings. The van der Waals surface area contributed by atoms with E-state index in [1.165, 1.54) is 0 Å². The summed E-state index contributed by atoms with van der Waals surface area (Å²) in [5, 5.41) is 6.68. The molecule has 1 aliphatic rings. The highest BCUT2D eigenvalue weighted by molar-refractivity contribution is 5.85. The molecule has 28 heavy (non-hydrogen) atoms. The summed E-state index contributed by atoms with van der Waals surface area (Å²) in [7, 11) is 7.07. The molecule has 1 amide bonds. The molecule has 7 nitrogen and oxygen atoms in total. The SMILES string of the molecule is CN=C(NCc1ccc(OCCOC)cc1)NCC1(C(=O)N(C)C)CCCC1. The number of hydrogen-bond acceptors (Lipinski definition) is 4. The molecular formula is C21H34N4O3. The lowest BCUT2D eigenvalue weighted by atomic mass is 9.84. The van der Waals surface area contributed by atoms with Gasteiger partial charge in [-0.3, -0.25) is 9.79 Å². The Bertz CT molecular complexity index is 638. The molecule has 7 heteroatoms. The second-order valence-electron chi connectivity index (χ2n) is 7.45. The Morgan fingerprint density at radius 2 is 1.82 bits per heavy atom. The lowest BCUT2D eigenvalue weighted by molar-refractivity contribution is -0.138. The first-order chi connectivity index (χ1) is 13.5. The summed E-state index contributed by atoms with van der Waals surface area (Å²) < 4.78 is 10.6. The zero-order valence-electron chi connectivity index (χ0n) is 17.6. The Labute approximate surface area is 168 Å². The number of carbonyl (C=O) groups excluding carboxylic acids is 1. The highest BCUT2D eigenvalue weighted by Gasteiger charge is 2.42. The summed E-state index contributed by atoms with van der Waals surface area (Å²) >= 11 is 0. The summed E-state index contributed by atoms with van der Waals surface area (Å²) in [6.07, 6.45) is 4.06. The van der Waals surface area contributed by atoms with Crippen LogP contribution in [0.1, 0.15) is 31.2 Å².